The average molecular weight is 262 g/mol. The first-order chi connectivity index (χ1) is 8.72. The van der Waals surface area contributed by atoms with E-state index in [4.69, 9.17) is 0 Å². The van der Waals surface area contributed by atoms with Gasteiger partial charge in [-0.1, -0.05) is 12.1 Å². The lowest BCUT2D eigenvalue weighted by atomic mass is 10.2. The van der Waals surface area contributed by atoms with E-state index >= 15 is 0 Å². The third kappa shape index (κ3) is 2.70. The summed E-state index contributed by atoms with van der Waals surface area (Å²) in [7, 11) is 0. The van der Waals surface area contributed by atoms with Crippen LogP contribution >= 0.6 is 12.6 Å². The van der Waals surface area contributed by atoms with Crippen LogP contribution in [0.25, 0.3) is 0 Å². The van der Waals surface area contributed by atoms with Gasteiger partial charge in [-0.25, -0.2) is 0 Å². The fraction of sp³-hybridized carbons (Fsp3) is 0.500. The Kier molecular flexibility index (Phi) is 3.31. The zero-order valence-electron chi connectivity index (χ0n) is 10.3. The molecule has 4 heteroatoms. The van der Waals surface area contributed by atoms with Crippen molar-refractivity contribution in [2.24, 2.45) is 0 Å². The number of hydrogen-bond donors (Lipinski definition) is 2. The number of amides is 1. The lowest BCUT2D eigenvalue weighted by molar-refractivity contribution is -0.117. The molecule has 0 radical (unpaired) electrons. The number of carbonyl (C=O) groups excluding carboxylic acids is 1. The maximum absolute atomic E-state index is 11.8. The molecule has 18 heavy (non-hydrogen) atoms. The Bertz CT molecular complexity index is 442. The number of nitrogens with one attached hydrogen (secondary N) is 1. The predicted octanol–water partition coefficient (Wildman–Crippen LogP) is 1.97. The Morgan fingerprint density at radius 3 is 2.56 bits per heavy atom. The molecule has 0 aromatic heterocycles. The maximum atomic E-state index is 11.8. The van der Waals surface area contributed by atoms with Crippen LogP contribution in [-0.4, -0.2) is 23.7 Å². The summed E-state index contributed by atoms with van der Waals surface area (Å²) in [5.74, 6) is 0.179. The third-order valence-electron chi connectivity index (χ3n) is 3.52. The predicted molar refractivity (Wildman–Crippen MR) is 76.0 cm³/mol. The molecule has 1 saturated heterocycles. The summed E-state index contributed by atoms with van der Waals surface area (Å²) in [6, 6.07) is 9.00. The second-order valence-electron chi connectivity index (χ2n) is 5.18. The molecule has 96 valence electrons. The second kappa shape index (κ2) is 4.94. The molecule has 1 aromatic carbocycles. The van der Waals surface area contributed by atoms with Gasteiger partial charge in [0.2, 0.25) is 5.91 Å². The number of carbonyl (C=O) groups is 1. The van der Waals surface area contributed by atoms with Gasteiger partial charge in [0, 0.05) is 36.5 Å². The molecule has 1 aliphatic heterocycles. The van der Waals surface area contributed by atoms with Gasteiger partial charge in [0.1, 0.15) is 0 Å². The van der Waals surface area contributed by atoms with E-state index in [0.717, 1.165) is 24.8 Å². The van der Waals surface area contributed by atoms with Crippen molar-refractivity contribution in [3.8, 4) is 0 Å². The topological polar surface area (TPSA) is 32.3 Å². The molecule has 1 N–H and O–H groups in total. The Morgan fingerprint density at radius 2 is 2.00 bits per heavy atom. The number of nitrogens with zero attached hydrogens (tertiary/aromatic N) is 1. The van der Waals surface area contributed by atoms with E-state index in [-0.39, 0.29) is 11.2 Å². The fourth-order valence-electron chi connectivity index (χ4n) is 2.28. The van der Waals surface area contributed by atoms with Crippen molar-refractivity contribution >= 4 is 24.2 Å². The lowest BCUT2D eigenvalue weighted by Crippen LogP contribution is -2.24. The van der Waals surface area contributed by atoms with Gasteiger partial charge >= 0.3 is 0 Å². The average Bonchev–Trinajstić information content (AvgIpc) is 3.13. The minimum absolute atomic E-state index is 0.175. The lowest BCUT2D eigenvalue weighted by Gasteiger charge is -2.16. The molecule has 3 rings (SSSR count). The molecule has 0 spiro atoms. The number of thiol groups is 1. The number of rotatable bonds is 4. The molecule has 1 heterocycles. The zero-order valence-corrected chi connectivity index (χ0v) is 11.2. The van der Waals surface area contributed by atoms with E-state index in [1.165, 1.54) is 18.4 Å². The highest BCUT2D eigenvalue weighted by molar-refractivity contribution is 7.81. The van der Waals surface area contributed by atoms with E-state index in [2.05, 4.69) is 30.1 Å². The van der Waals surface area contributed by atoms with E-state index < -0.39 is 0 Å². The summed E-state index contributed by atoms with van der Waals surface area (Å²) in [6.45, 7) is 1.65. The SMILES string of the molecule is O=C1CC(S)CN1c1ccc(CNC2CC2)cc1. The van der Waals surface area contributed by atoms with E-state index in [1.54, 1.807) is 0 Å². The molecule has 3 nitrogen and oxygen atoms in total. The Hall–Kier alpha value is -1.00. The van der Waals surface area contributed by atoms with Crippen LogP contribution in [0.5, 0.6) is 0 Å². The molecule has 1 aromatic rings. The van der Waals surface area contributed by atoms with Gasteiger partial charge in [-0.3, -0.25) is 4.79 Å². The van der Waals surface area contributed by atoms with E-state index in [0.29, 0.717) is 6.42 Å². The largest absolute Gasteiger partial charge is 0.311 e. The molecule has 1 unspecified atom stereocenters. The van der Waals surface area contributed by atoms with Crippen LogP contribution in [0.2, 0.25) is 0 Å². The van der Waals surface area contributed by atoms with Gasteiger partial charge in [-0.2, -0.15) is 12.6 Å². The first-order valence-corrected chi connectivity index (χ1v) is 7.05. The summed E-state index contributed by atoms with van der Waals surface area (Å²) in [5, 5.41) is 3.66. The third-order valence-corrected chi connectivity index (χ3v) is 3.87. The van der Waals surface area contributed by atoms with Crippen LogP contribution in [0.15, 0.2) is 24.3 Å². The minimum Gasteiger partial charge on any atom is -0.311 e. The van der Waals surface area contributed by atoms with Gasteiger partial charge < -0.3 is 10.2 Å². The molecule has 2 aliphatic rings. The smallest absolute Gasteiger partial charge is 0.228 e. The van der Waals surface area contributed by atoms with Crippen molar-refractivity contribution in [1.29, 1.82) is 0 Å². The molecule has 1 amide bonds. The summed E-state index contributed by atoms with van der Waals surface area (Å²) in [6.07, 6.45) is 3.17. The number of anilines is 1. The molecular weight excluding hydrogens is 244 g/mol. The van der Waals surface area contributed by atoms with Crippen LogP contribution in [0.3, 0.4) is 0 Å². The molecular formula is C14H18N2OS. The first-order valence-electron chi connectivity index (χ1n) is 6.53. The van der Waals surface area contributed by atoms with Crippen molar-refractivity contribution in [1.82, 2.24) is 5.32 Å². The van der Waals surface area contributed by atoms with E-state index in [9.17, 15) is 4.79 Å². The second-order valence-corrected chi connectivity index (χ2v) is 5.91. The Labute approximate surface area is 113 Å². The standard InChI is InChI=1S/C14H18N2OS/c17-14-7-13(18)9-16(14)12-5-1-10(2-6-12)8-15-11-3-4-11/h1-2,5-6,11,13,15,18H,3-4,7-9H2. The van der Waals surface area contributed by atoms with Gasteiger partial charge in [-0.15, -0.1) is 0 Å². The monoisotopic (exact) mass is 262 g/mol. The normalized spacial score (nSPS) is 23.7. The van der Waals surface area contributed by atoms with Crippen LogP contribution in [-0.2, 0) is 11.3 Å². The molecule has 2 fully saturated rings. The van der Waals surface area contributed by atoms with Crippen LogP contribution < -0.4 is 10.2 Å². The highest BCUT2D eigenvalue weighted by Crippen LogP contribution is 2.24. The molecule has 1 aliphatic carbocycles. The zero-order chi connectivity index (χ0) is 12.5. The summed E-state index contributed by atoms with van der Waals surface area (Å²) in [4.78, 5) is 13.6. The van der Waals surface area contributed by atoms with Crippen LogP contribution in [0.1, 0.15) is 24.8 Å². The van der Waals surface area contributed by atoms with Gasteiger partial charge in [0.05, 0.1) is 0 Å². The van der Waals surface area contributed by atoms with Crippen molar-refractivity contribution in [3.63, 3.8) is 0 Å². The summed E-state index contributed by atoms with van der Waals surface area (Å²) >= 11 is 4.37. The maximum Gasteiger partial charge on any atom is 0.228 e. The van der Waals surface area contributed by atoms with Crippen molar-refractivity contribution < 1.29 is 4.79 Å². The van der Waals surface area contributed by atoms with Crippen LogP contribution in [0, 0.1) is 0 Å². The molecule has 1 atom stereocenters. The first kappa shape index (κ1) is 12.1. The minimum atomic E-state index is 0.175. The Morgan fingerprint density at radius 1 is 1.28 bits per heavy atom. The van der Waals surface area contributed by atoms with E-state index in [1.807, 2.05) is 17.0 Å². The quantitative estimate of drug-likeness (QED) is 0.813. The van der Waals surface area contributed by atoms with Gasteiger partial charge in [-0.05, 0) is 30.5 Å². The number of benzene rings is 1. The molecule has 1 saturated carbocycles. The highest BCUT2D eigenvalue weighted by Gasteiger charge is 2.28. The summed E-state index contributed by atoms with van der Waals surface area (Å²) < 4.78 is 0. The van der Waals surface area contributed by atoms with Crippen LogP contribution in [0.4, 0.5) is 5.69 Å². The van der Waals surface area contributed by atoms with Gasteiger partial charge in [0.15, 0.2) is 0 Å². The number of hydrogen-bond acceptors (Lipinski definition) is 3. The molecule has 0 bridgehead atoms. The fourth-order valence-corrected chi connectivity index (χ4v) is 2.60. The van der Waals surface area contributed by atoms with Gasteiger partial charge in [0.25, 0.3) is 0 Å². The van der Waals surface area contributed by atoms with Crippen molar-refractivity contribution in [2.45, 2.75) is 37.1 Å². The summed E-state index contributed by atoms with van der Waals surface area (Å²) in [5.41, 5.74) is 2.27. The Balaban J connectivity index is 1.64. The van der Waals surface area contributed by atoms with Crippen molar-refractivity contribution in [3.05, 3.63) is 29.8 Å². The highest BCUT2D eigenvalue weighted by atomic mass is 32.1. The van der Waals surface area contributed by atoms with Crippen molar-refractivity contribution in [2.75, 3.05) is 11.4 Å².